The van der Waals surface area contributed by atoms with Gasteiger partial charge >= 0.3 is 0 Å². The van der Waals surface area contributed by atoms with Crippen LogP contribution in [-0.4, -0.2) is 31.8 Å². The molecule has 1 heterocycles. The molecule has 0 saturated heterocycles. The van der Waals surface area contributed by atoms with Crippen molar-refractivity contribution in [3.63, 3.8) is 0 Å². The summed E-state index contributed by atoms with van der Waals surface area (Å²) in [6.07, 6.45) is 6.75. The van der Waals surface area contributed by atoms with Crippen molar-refractivity contribution in [2.75, 3.05) is 20.3 Å². The number of nitrogens with one attached hydrogen (secondary N) is 1. The van der Waals surface area contributed by atoms with Gasteiger partial charge in [-0.2, -0.15) is 0 Å². The molecule has 1 fully saturated rings. The molecule has 1 unspecified atom stereocenters. The summed E-state index contributed by atoms with van der Waals surface area (Å²) in [6, 6.07) is 8.26. The van der Waals surface area contributed by atoms with Gasteiger partial charge in [-0.3, -0.25) is 4.99 Å². The Kier molecular flexibility index (Phi) is 5.06. The zero-order valence-corrected chi connectivity index (χ0v) is 13.9. The number of benzene rings is 1. The van der Waals surface area contributed by atoms with Gasteiger partial charge in [-0.15, -0.1) is 0 Å². The van der Waals surface area contributed by atoms with Crippen molar-refractivity contribution in [2.24, 2.45) is 10.7 Å². The molecular formula is C18H27N3O2. The minimum atomic E-state index is -0.127. The maximum absolute atomic E-state index is 6.13. The number of hydrogen-bond donors (Lipinski definition) is 2. The highest BCUT2D eigenvalue weighted by Crippen LogP contribution is 2.32. The number of para-hydroxylation sites is 1. The summed E-state index contributed by atoms with van der Waals surface area (Å²) in [5, 5.41) is 3.35. The minimum Gasteiger partial charge on any atom is -0.493 e. The largest absolute Gasteiger partial charge is 0.493 e. The SMILES string of the molecule is COC1(CN=C(N)NC2CCOc3ccccc32)CCCCC1. The number of hydrogen-bond acceptors (Lipinski definition) is 3. The Balaban J connectivity index is 1.64. The Morgan fingerprint density at radius 3 is 2.91 bits per heavy atom. The number of ether oxygens (including phenoxy) is 2. The Morgan fingerprint density at radius 1 is 1.35 bits per heavy atom. The lowest BCUT2D eigenvalue weighted by atomic mass is 9.85. The number of fused-ring (bicyclic) bond motifs is 1. The first-order valence-electron chi connectivity index (χ1n) is 8.56. The van der Waals surface area contributed by atoms with E-state index in [2.05, 4.69) is 16.4 Å². The van der Waals surface area contributed by atoms with Crippen molar-refractivity contribution in [1.29, 1.82) is 0 Å². The van der Waals surface area contributed by atoms with Crippen LogP contribution in [0.3, 0.4) is 0 Å². The van der Waals surface area contributed by atoms with Gasteiger partial charge in [-0.1, -0.05) is 37.5 Å². The molecule has 1 aliphatic heterocycles. The lowest BCUT2D eigenvalue weighted by Crippen LogP contribution is -2.41. The molecule has 1 aromatic rings. The Labute approximate surface area is 138 Å². The maximum Gasteiger partial charge on any atom is 0.189 e. The predicted octanol–water partition coefficient (Wildman–Crippen LogP) is 2.76. The first kappa shape index (κ1) is 16.1. The van der Waals surface area contributed by atoms with Crippen LogP contribution in [0.15, 0.2) is 29.3 Å². The molecule has 5 nitrogen and oxygen atoms in total. The van der Waals surface area contributed by atoms with Crippen LogP contribution >= 0.6 is 0 Å². The van der Waals surface area contributed by atoms with Gasteiger partial charge in [0.25, 0.3) is 0 Å². The molecule has 1 atom stereocenters. The second-order valence-electron chi connectivity index (χ2n) is 6.52. The van der Waals surface area contributed by atoms with Crippen LogP contribution < -0.4 is 15.8 Å². The normalized spacial score (nSPS) is 23.7. The van der Waals surface area contributed by atoms with Crippen LogP contribution in [-0.2, 0) is 4.74 Å². The molecule has 3 N–H and O–H groups in total. The fourth-order valence-electron chi connectivity index (χ4n) is 3.57. The third-order valence-corrected chi connectivity index (χ3v) is 5.02. The van der Waals surface area contributed by atoms with E-state index in [1.807, 2.05) is 18.2 Å². The Bertz CT molecular complexity index is 553. The monoisotopic (exact) mass is 317 g/mol. The molecule has 0 radical (unpaired) electrons. The highest BCUT2D eigenvalue weighted by atomic mass is 16.5. The second kappa shape index (κ2) is 7.21. The lowest BCUT2D eigenvalue weighted by Gasteiger charge is -2.34. The topological polar surface area (TPSA) is 68.9 Å². The molecule has 0 bridgehead atoms. The quantitative estimate of drug-likeness (QED) is 0.662. The molecule has 0 amide bonds. The molecule has 0 spiro atoms. The fourth-order valence-corrected chi connectivity index (χ4v) is 3.57. The predicted molar refractivity (Wildman–Crippen MR) is 91.7 cm³/mol. The number of guanidine groups is 1. The van der Waals surface area contributed by atoms with E-state index >= 15 is 0 Å². The standard InChI is InChI=1S/C18H27N3O2/c1-22-18(10-5-2-6-11-18)13-20-17(19)21-15-9-12-23-16-8-4-3-7-14(15)16/h3-4,7-8,15H,2,5-6,9-13H2,1H3,(H3,19,20,21). The highest BCUT2D eigenvalue weighted by molar-refractivity contribution is 5.78. The molecule has 1 saturated carbocycles. The summed E-state index contributed by atoms with van der Waals surface area (Å²) >= 11 is 0. The smallest absolute Gasteiger partial charge is 0.189 e. The minimum absolute atomic E-state index is 0.127. The first-order valence-corrected chi connectivity index (χ1v) is 8.56. The van der Waals surface area contributed by atoms with Gasteiger partial charge in [-0.25, -0.2) is 0 Å². The summed E-state index contributed by atoms with van der Waals surface area (Å²) in [4.78, 5) is 4.58. The number of nitrogens with two attached hydrogens (primary N) is 1. The summed E-state index contributed by atoms with van der Waals surface area (Å²) in [7, 11) is 1.79. The number of methoxy groups -OCH3 is 1. The van der Waals surface area contributed by atoms with Gasteiger partial charge in [0.2, 0.25) is 0 Å². The number of nitrogens with zero attached hydrogens (tertiary/aromatic N) is 1. The average Bonchev–Trinajstić information content (AvgIpc) is 2.61. The van der Waals surface area contributed by atoms with Crippen LogP contribution in [0.2, 0.25) is 0 Å². The molecule has 23 heavy (non-hydrogen) atoms. The molecular weight excluding hydrogens is 290 g/mol. The van der Waals surface area contributed by atoms with E-state index in [1.54, 1.807) is 7.11 Å². The van der Waals surface area contributed by atoms with E-state index in [1.165, 1.54) is 19.3 Å². The Hall–Kier alpha value is -1.75. The van der Waals surface area contributed by atoms with Gasteiger partial charge in [0, 0.05) is 19.1 Å². The van der Waals surface area contributed by atoms with Gasteiger partial charge < -0.3 is 20.5 Å². The van der Waals surface area contributed by atoms with Gasteiger partial charge in [0.1, 0.15) is 5.75 Å². The van der Waals surface area contributed by atoms with Crippen LogP contribution in [0.5, 0.6) is 5.75 Å². The van der Waals surface area contributed by atoms with E-state index in [0.29, 0.717) is 19.1 Å². The van der Waals surface area contributed by atoms with Gasteiger partial charge in [-0.05, 0) is 18.9 Å². The van der Waals surface area contributed by atoms with Crippen molar-refractivity contribution in [3.8, 4) is 5.75 Å². The summed E-state index contributed by atoms with van der Waals surface area (Å²) in [5.74, 6) is 1.43. The van der Waals surface area contributed by atoms with Crippen molar-refractivity contribution < 1.29 is 9.47 Å². The van der Waals surface area contributed by atoms with E-state index in [-0.39, 0.29) is 11.6 Å². The van der Waals surface area contributed by atoms with Crippen molar-refractivity contribution in [2.45, 2.75) is 50.2 Å². The van der Waals surface area contributed by atoms with Crippen LogP contribution in [0.1, 0.15) is 50.1 Å². The van der Waals surface area contributed by atoms with Gasteiger partial charge in [0.15, 0.2) is 5.96 Å². The first-order chi connectivity index (χ1) is 11.2. The van der Waals surface area contributed by atoms with Crippen LogP contribution in [0, 0.1) is 0 Å². The number of aliphatic imine (C=N–C) groups is 1. The Morgan fingerprint density at radius 2 is 2.13 bits per heavy atom. The van der Waals surface area contributed by atoms with Crippen LogP contribution in [0.25, 0.3) is 0 Å². The third-order valence-electron chi connectivity index (χ3n) is 5.02. The second-order valence-corrected chi connectivity index (χ2v) is 6.52. The molecule has 1 aliphatic carbocycles. The fraction of sp³-hybridized carbons (Fsp3) is 0.611. The summed E-state index contributed by atoms with van der Waals surface area (Å²) in [5.41, 5.74) is 7.16. The lowest BCUT2D eigenvalue weighted by molar-refractivity contribution is -0.0308. The molecule has 126 valence electrons. The molecule has 1 aromatic carbocycles. The van der Waals surface area contributed by atoms with E-state index < -0.39 is 0 Å². The van der Waals surface area contributed by atoms with Crippen molar-refractivity contribution in [1.82, 2.24) is 5.32 Å². The third kappa shape index (κ3) is 3.78. The summed E-state index contributed by atoms with van der Waals surface area (Å²) < 4.78 is 11.4. The van der Waals surface area contributed by atoms with Gasteiger partial charge in [0.05, 0.1) is 24.8 Å². The summed E-state index contributed by atoms with van der Waals surface area (Å²) in [6.45, 7) is 1.33. The highest BCUT2D eigenvalue weighted by Gasteiger charge is 2.31. The zero-order chi connectivity index (χ0) is 16.1. The molecule has 5 heteroatoms. The van der Waals surface area contributed by atoms with Crippen LogP contribution in [0.4, 0.5) is 0 Å². The average molecular weight is 317 g/mol. The number of rotatable bonds is 4. The molecule has 2 aliphatic rings. The van der Waals surface area contributed by atoms with E-state index in [9.17, 15) is 0 Å². The van der Waals surface area contributed by atoms with E-state index in [0.717, 1.165) is 30.6 Å². The van der Waals surface area contributed by atoms with Crippen molar-refractivity contribution in [3.05, 3.63) is 29.8 Å². The maximum atomic E-state index is 6.13. The molecule has 0 aromatic heterocycles. The van der Waals surface area contributed by atoms with Crippen molar-refractivity contribution >= 4 is 5.96 Å². The molecule has 3 rings (SSSR count). The van der Waals surface area contributed by atoms with E-state index in [4.69, 9.17) is 15.2 Å². The zero-order valence-electron chi connectivity index (χ0n) is 13.9.